The van der Waals surface area contributed by atoms with Crippen LogP contribution in [0.3, 0.4) is 0 Å². The minimum absolute atomic E-state index is 0.0826. The van der Waals surface area contributed by atoms with E-state index in [2.05, 4.69) is 29.4 Å². The van der Waals surface area contributed by atoms with E-state index in [0.29, 0.717) is 18.0 Å². The van der Waals surface area contributed by atoms with E-state index < -0.39 is 0 Å². The average molecular weight is 400 g/mol. The molecule has 2 rings (SSSR count). The molecular weight excluding hydrogens is 366 g/mol. The lowest BCUT2D eigenvalue weighted by atomic mass is 10.2. The Hall–Kier alpha value is -2.57. The SMILES string of the molecule is CCN(CC)CCNCc1cccc(OC)c1OCC(=O)Nc1ccc(C)cc1. The topological polar surface area (TPSA) is 62.8 Å². The highest BCUT2D eigenvalue weighted by molar-refractivity contribution is 5.91. The molecule has 0 fully saturated rings. The van der Waals surface area contributed by atoms with E-state index in [1.807, 2.05) is 49.4 Å². The first kappa shape index (κ1) is 22.7. The van der Waals surface area contributed by atoms with Gasteiger partial charge in [-0.15, -0.1) is 0 Å². The number of nitrogens with one attached hydrogen (secondary N) is 2. The Bertz CT molecular complexity index is 758. The highest BCUT2D eigenvalue weighted by atomic mass is 16.5. The number of nitrogens with zero attached hydrogens (tertiary/aromatic N) is 1. The first-order valence-corrected chi connectivity index (χ1v) is 10.2. The molecule has 0 saturated heterocycles. The summed E-state index contributed by atoms with van der Waals surface area (Å²) in [6.07, 6.45) is 0. The fourth-order valence-electron chi connectivity index (χ4n) is 3.00. The maximum absolute atomic E-state index is 12.3. The molecule has 0 saturated carbocycles. The number of ether oxygens (including phenoxy) is 2. The molecular formula is C23H33N3O3. The summed E-state index contributed by atoms with van der Waals surface area (Å²) >= 11 is 0. The number of aryl methyl sites for hydroxylation is 1. The Labute approximate surface area is 174 Å². The Kier molecular flexibility index (Phi) is 9.47. The third-order valence-corrected chi connectivity index (χ3v) is 4.78. The first-order valence-electron chi connectivity index (χ1n) is 10.2. The van der Waals surface area contributed by atoms with Gasteiger partial charge in [-0.2, -0.15) is 0 Å². The maximum atomic E-state index is 12.3. The van der Waals surface area contributed by atoms with Crippen molar-refractivity contribution in [3.63, 3.8) is 0 Å². The molecule has 0 spiro atoms. The molecule has 0 aliphatic carbocycles. The van der Waals surface area contributed by atoms with Gasteiger partial charge in [0.05, 0.1) is 7.11 Å². The van der Waals surface area contributed by atoms with Crippen LogP contribution in [-0.4, -0.2) is 50.7 Å². The number of hydrogen-bond acceptors (Lipinski definition) is 5. The molecule has 0 unspecified atom stereocenters. The summed E-state index contributed by atoms with van der Waals surface area (Å²) < 4.78 is 11.3. The largest absolute Gasteiger partial charge is 0.493 e. The van der Waals surface area contributed by atoms with E-state index in [0.717, 1.165) is 43.0 Å². The standard InChI is InChI=1S/C23H33N3O3/c1-5-26(6-2)15-14-24-16-19-8-7-9-21(28-4)23(19)29-17-22(27)25-20-12-10-18(3)11-13-20/h7-13,24H,5-6,14-17H2,1-4H3,(H,25,27). The number of benzene rings is 2. The number of hydrogen-bond donors (Lipinski definition) is 2. The second-order valence-electron chi connectivity index (χ2n) is 6.86. The Balaban J connectivity index is 1.93. The monoisotopic (exact) mass is 399 g/mol. The molecule has 6 heteroatoms. The van der Waals surface area contributed by atoms with Gasteiger partial charge in [0.15, 0.2) is 18.1 Å². The molecule has 0 aromatic heterocycles. The average Bonchev–Trinajstić information content (AvgIpc) is 2.74. The number of amides is 1. The zero-order valence-corrected chi connectivity index (χ0v) is 18.0. The summed E-state index contributed by atoms with van der Waals surface area (Å²) in [5.41, 5.74) is 2.86. The van der Waals surface area contributed by atoms with E-state index in [4.69, 9.17) is 9.47 Å². The van der Waals surface area contributed by atoms with Crippen LogP contribution >= 0.6 is 0 Å². The lowest BCUT2D eigenvalue weighted by Crippen LogP contribution is -2.31. The van der Waals surface area contributed by atoms with Crippen LogP contribution in [-0.2, 0) is 11.3 Å². The van der Waals surface area contributed by atoms with Crippen LogP contribution in [0.15, 0.2) is 42.5 Å². The van der Waals surface area contributed by atoms with Crippen molar-refractivity contribution < 1.29 is 14.3 Å². The van der Waals surface area contributed by atoms with Crippen molar-refractivity contribution in [1.82, 2.24) is 10.2 Å². The molecule has 0 aliphatic rings. The van der Waals surface area contributed by atoms with E-state index >= 15 is 0 Å². The van der Waals surface area contributed by atoms with Crippen LogP contribution in [0.5, 0.6) is 11.5 Å². The van der Waals surface area contributed by atoms with Crippen LogP contribution in [0.4, 0.5) is 5.69 Å². The van der Waals surface area contributed by atoms with Crippen LogP contribution < -0.4 is 20.1 Å². The van der Waals surface area contributed by atoms with Gasteiger partial charge in [0.1, 0.15) is 0 Å². The molecule has 0 heterocycles. The summed E-state index contributed by atoms with van der Waals surface area (Å²) in [5, 5.41) is 6.30. The van der Waals surface area contributed by atoms with Gasteiger partial charge in [0.25, 0.3) is 5.91 Å². The maximum Gasteiger partial charge on any atom is 0.262 e. The number of likely N-dealkylation sites (N-methyl/N-ethyl adjacent to an activating group) is 1. The highest BCUT2D eigenvalue weighted by Crippen LogP contribution is 2.31. The molecule has 158 valence electrons. The normalized spacial score (nSPS) is 10.8. The van der Waals surface area contributed by atoms with Crippen LogP contribution in [0.25, 0.3) is 0 Å². The summed E-state index contributed by atoms with van der Waals surface area (Å²) in [6, 6.07) is 13.4. The van der Waals surface area contributed by atoms with E-state index in [9.17, 15) is 4.79 Å². The number of methoxy groups -OCH3 is 1. The van der Waals surface area contributed by atoms with E-state index in [-0.39, 0.29) is 12.5 Å². The fourth-order valence-corrected chi connectivity index (χ4v) is 3.00. The van der Waals surface area contributed by atoms with Gasteiger partial charge >= 0.3 is 0 Å². The van der Waals surface area contributed by atoms with E-state index in [1.165, 1.54) is 0 Å². The minimum atomic E-state index is -0.208. The van der Waals surface area contributed by atoms with Gasteiger partial charge in [-0.25, -0.2) is 0 Å². The first-order chi connectivity index (χ1) is 14.1. The molecule has 29 heavy (non-hydrogen) atoms. The van der Waals surface area contributed by atoms with Gasteiger partial charge in [-0.05, 0) is 38.2 Å². The lowest BCUT2D eigenvalue weighted by molar-refractivity contribution is -0.118. The van der Waals surface area contributed by atoms with Gasteiger partial charge in [-0.3, -0.25) is 4.79 Å². The van der Waals surface area contributed by atoms with Crippen molar-refractivity contribution in [3.8, 4) is 11.5 Å². The number of carbonyl (C=O) groups excluding carboxylic acids is 1. The molecule has 2 aromatic carbocycles. The van der Waals surface area contributed by atoms with Crippen molar-refractivity contribution in [1.29, 1.82) is 0 Å². The Morgan fingerprint density at radius 2 is 1.79 bits per heavy atom. The smallest absolute Gasteiger partial charge is 0.262 e. The number of carbonyl (C=O) groups is 1. The van der Waals surface area contributed by atoms with Crippen LogP contribution in [0, 0.1) is 6.92 Å². The predicted octanol–water partition coefficient (Wildman–Crippen LogP) is 3.45. The lowest BCUT2D eigenvalue weighted by Gasteiger charge is -2.19. The zero-order valence-electron chi connectivity index (χ0n) is 18.0. The molecule has 6 nitrogen and oxygen atoms in total. The second-order valence-corrected chi connectivity index (χ2v) is 6.86. The van der Waals surface area contributed by atoms with Gasteiger partial charge in [0.2, 0.25) is 0 Å². The van der Waals surface area contributed by atoms with Gasteiger partial charge < -0.3 is 25.0 Å². The Morgan fingerprint density at radius 3 is 2.45 bits per heavy atom. The highest BCUT2D eigenvalue weighted by Gasteiger charge is 2.13. The van der Waals surface area contributed by atoms with Crippen LogP contribution in [0.1, 0.15) is 25.0 Å². The number of rotatable bonds is 12. The van der Waals surface area contributed by atoms with Gasteiger partial charge in [0, 0.05) is 30.9 Å². The van der Waals surface area contributed by atoms with Crippen molar-refractivity contribution in [2.24, 2.45) is 0 Å². The fraction of sp³-hybridized carbons (Fsp3) is 0.435. The van der Waals surface area contributed by atoms with Crippen molar-refractivity contribution in [3.05, 3.63) is 53.6 Å². The third kappa shape index (κ3) is 7.40. The van der Waals surface area contributed by atoms with Crippen molar-refractivity contribution in [2.45, 2.75) is 27.3 Å². The molecule has 2 N–H and O–H groups in total. The summed E-state index contributed by atoms with van der Waals surface area (Å²) in [7, 11) is 1.60. The summed E-state index contributed by atoms with van der Waals surface area (Å²) in [6.45, 7) is 10.9. The quantitative estimate of drug-likeness (QED) is 0.535. The summed E-state index contributed by atoms with van der Waals surface area (Å²) in [4.78, 5) is 14.7. The predicted molar refractivity (Wildman–Crippen MR) is 118 cm³/mol. The van der Waals surface area contributed by atoms with Crippen LogP contribution in [0.2, 0.25) is 0 Å². The Morgan fingerprint density at radius 1 is 1.07 bits per heavy atom. The van der Waals surface area contributed by atoms with Crippen molar-refractivity contribution >= 4 is 11.6 Å². The molecule has 1 amide bonds. The molecule has 0 aliphatic heterocycles. The molecule has 2 aromatic rings. The molecule has 0 bridgehead atoms. The zero-order chi connectivity index (χ0) is 21.1. The second kappa shape index (κ2) is 12.1. The van der Waals surface area contributed by atoms with Crippen molar-refractivity contribution in [2.75, 3.05) is 45.2 Å². The number of para-hydroxylation sites is 1. The molecule has 0 atom stereocenters. The third-order valence-electron chi connectivity index (χ3n) is 4.78. The number of anilines is 1. The minimum Gasteiger partial charge on any atom is -0.493 e. The molecule has 0 radical (unpaired) electrons. The van der Waals surface area contributed by atoms with Gasteiger partial charge in [-0.1, -0.05) is 43.7 Å². The summed E-state index contributed by atoms with van der Waals surface area (Å²) in [5.74, 6) is 1.01. The van der Waals surface area contributed by atoms with E-state index in [1.54, 1.807) is 7.11 Å².